The van der Waals surface area contributed by atoms with Gasteiger partial charge < -0.3 is 20.3 Å². The lowest BCUT2D eigenvalue weighted by Crippen LogP contribution is -2.55. The third kappa shape index (κ3) is 10.5. The first kappa shape index (κ1) is 32.0. The molecule has 7 nitrogen and oxygen atoms in total. The molecular formula is C30H47N3O4. The fourth-order valence-corrected chi connectivity index (χ4v) is 3.99. The second-order valence-corrected chi connectivity index (χ2v) is 10.5. The van der Waals surface area contributed by atoms with Gasteiger partial charge in [-0.1, -0.05) is 77.5 Å². The van der Waals surface area contributed by atoms with E-state index in [9.17, 15) is 14.4 Å². The van der Waals surface area contributed by atoms with Crippen LogP contribution < -0.4 is 10.6 Å². The summed E-state index contributed by atoms with van der Waals surface area (Å²) in [5.41, 5.74) is 0.454. The van der Waals surface area contributed by atoms with E-state index < -0.39 is 23.8 Å². The molecule has 3 atom stereocenters. The van der Waals surface area contributed by atoms with E-state index in [4.69, 9.17) is 11.2 Å². The minimum absolute atomic E-state index is 0.180. The highest BCUT2D eigenvalue weighted by Crippen LogP contribution is 2.27. The van der Waals surface area contributed by atoms with Crippen molar-refractivity contribution in [1.82, 2.24) is 15.5 Å². The van der Waals surface area contributed by atoms with E-state index in [0.29, 0.717) is 37.1 Å². The Bertz CT molecular complexity index is 916. The number of amides is 3. The number of rotatable bonds is 14. The Morgan fingerprint density at radius 3 is 2.27 bits per heavy atom. The molecule has 0 aliphatic heterocycles. The minimum Gasteiger partial charge on any atom is -0.444 e. The van der Waals surface area contributed by atoms with Gasteiger partial charge in [-0.2, -0.15) is 0 Å². The van der Waals surface area contributed by atoms with Crippen LogP contribution >= 0.6 is 0 Å². The summed E-state index contributed by atoms with van der Waals surface area (Å²) in [7, 11) is 0. The van der Waals surface area contributed by atoms with Crippen LogP contribution in [0.1, 0.15) is 104 Å². The molecule has 7 heteroatoms. The molecular weight excluding hydrogens is 466 g/mol. The van der Waals surface area contributed by atoms with Crippen molar-refractivity contribution >= 4 is 17.9 Å². The molecule has 0 aromatic heterocycles. The smallest absolute Gasteiger partial charge is 0.408 e. The van der Waals surface area contributed by atoms with Crippen LogP contribution in [0.5, 0.6) is 0 Å². The largest absolute Gasteiger partial charge is 0.444 e. The monoisotopic (exact) mass is 513 g/mol. The Morgan fingerprint density at radius 1 is 1.05 bits per heavy atom. The van der Waals surface area contributed by atoms with Crippen LogP contribution in [0.2, 0.25) is 0 Å². The van der Waals surface area contributed by atoms with E-state index in [0.717, 1.165) is 25.7 Å². The van der Waals surface area contributed by atoms with Crippen molar-refractivity contribution < 1.29 is 19.1 Å². The molecule has 0 saturated heterocycles. The highest BCUT2D eigenvalue weighted by Gasteiger charge is 2.38. The molecule has 37 heavy (non-hydrogen) atoms. The summed E-state index contributed by atoms with van der Waals surface area (Å²) in [4.78, 5) is 42.1. The molecule has 0 saturated carbocycles. The van der Waals surface area contributed by atoms with Crippen molar-refractivity contribution in [3.63, 3.8) is 0 Å². The Kier molecular flexibility index (Phi) is 13.8. The Balaban J connectivity index is 3.51. The SMILES string of the molecule is C#Cc1ccccc1C(C(=O)NCCCCC)N(CCCC)C(=O)C(NC(=O)OC(C)(C)C)C(C)CC. The zero-order valence-corrected chi connectivity index (χ0v) is 23.9. The number of alkyl carbamates (subject to hydrolysis) is 1. The van der Waals surface area contributed by atoms with Gasteiger partial charge in [0.05, 0.1) is 0 Å². The zero-order valence-electron chi connectivity index (χ0n) is 23.9. The fourth-order valence-electron chi connectivity index (χ4n) is 3.99. The maximum atomic E-state index is 14.2. The predicted octanol–water partition coefficient (Wildman–Crippen LogP) is 5.58. The molecule has 2 N–H and O–H groups in total. The lowest BCUT2D eigenvalue weighted by Gasteiger charge is -2.36. The van der Waals surface area contributed by atoms with Crippen molar-refractivity contribution in [3.8, 4) is 12.3 Å². The predicted molar refractivity (Wildman–Crippen MR) is 149 cm³/mol. The second-order valence-electron chi connectivity index (χ2n) is 10.5. The molecule has 3 unspecified atom stereocenters. The van der Waals surface area contributed by atoms with Crippen LogP contribution in [-0.2, 0) is 14.3 Å². The molecule has 0 heterocycles. The lowest BCUT2D eigenvalue weighted by atomic mass is 9.94. The molecule has 0 radical (unpaired) electrons. The van der Waals surface area contributed by atoms with Gasteiger partial charge in [-0.05, 0) is 51.2 Å². The topological polar surface area (TPSA) is 87.7 Å². The highest BCUT2D eigenvalue weighted by molar-refractivity contribution is 5.92. The van der Waals surface area contributed by atoms with E-state index in [-0.39, 0.29) is 17.7 Å². The number of ether oxygens (including phenoxy) is 1. The molecule has 0 fully saturated rings. The number of benzene rings is 1. The first-order chi connectivity index (χ1) is 17.5. The summed E-state index contributed by atoms with van der Waals surface area (Å²) in [5, 5.41) is 5.81. The van der Waals surface area contributed by atoms with Crippen LogP contribution in [-0.4, -0.2) is 47.5 Å². The Hall–Kier alpha value is -3.01. The fraction of sp³-hybridized carbons (Fsp3) is 0.633. The van der Waals surface area contributed by atoms with E-state index >= 15 is 0 Å². The summed E-state index contributed by atoms with van der Waals surface area (Å²) in [6.07, 6.45) is 10.2. The van der Waals surface area contributed by atoms with Crippen molar-refractivity contribution in [1.29, 1.82) is 0 Å². The van der Waals surface area contributed by atoms with E-state index in [2.05, 4.69) is 23.5 Å². The maximum absolute atomic E-state index is 14.2. The molecule has 3 amide bonds. The van der Waals surface area contributed by atoms with Crippen molar-refractivity contribution in [2.75, 3.05) is 13.1 Å². The number of unbranched alkanes of at least 4 members (excludes halogenated alkanes) is 3. The number of terminal acetylenes is 1. The molecule has 0 bridgehead atoms. The van der Waals surface area contributed by atoms with Crippen LogP contribution in [0.3, 0.4) is 0 Å². The number of hydrogen-bond acceptors (Lipinski definition) is 4. The summed E-state index contributed by atoms with van der Waals surface area (Å²) >= 11 is 0. The van der Waals surface area contributed by atoms with E-state index in [1.807, 2.05) is 32.9 Å². The summed E-state index contributed by atoms with van der Waals surface area (Å²) < 4.78 is 5.45. The van der Waals surface area contributed by atoms with Gasteiger partial charge in [0.15, 0.2) is 0 Å². The van der Waals surface area contributed by atoms with Crippen LogP contribution in [0, 0.1) is 18.3 Å². The van der Waals surface area contributed by atoms with Crippen molar-refractivity contribution in [3.05, 3.63) is 35.4 Å². The number of nitrogens with zero attached hydrogens (tertiary/aromatic N) is 1. The van der Waals surface area contributed by atoms with Gasteiger partial charge in [-0.3, -0.25) is 9.59 Å². The average Bonchev–Trinajstić information content (AvgIpc) is 2.85. The minimum atomic E-state index is -0.917. The van der Waals surface area contributed by atoms with E-state index in [1.165, 1.54) is 0 Å². The standard InChI is InChI=1S/C30H47N3O4/c1-9-13-17-20-31-27(34)26(24-19-16-15-18-23(24)12-4)33(21-14-10-2)28(35)25(22(5)11-3)32-29(36)37-30(6,7)8/h4,15-16,18-19,22,25-26H,9-11,13-14,17,20-21H2,1-3,5-8H3,(H,31,34)(H,32,36). The van der Waals surface area contributed by atoms with Crippen LogP contribution in [0.15, 0.2) is 24.3 Å². The molecule has 0 spiro atoms. The second kappa shape index (κ2) is 16.0. The number of carbonyl (C=O) groups excluding carboxylic acids is 3. The van der Waals surface area contributed by atoms with Gasteiger partial charge in [0.25, 0.3) is 0 Å². The van der Waals surface area contributed by atoms with Gasteiger partial charge in [-0.15, -0.1) is 6.42 Å². The van der Waals surface area contributed by atoms with Crippen LogP contribution in [0.4, 0.5) is 4.79 Å². The quantitative estimate of drug-likeness (QED) is 0.251. The number of carbonyl (C=O) groups is 3. The zero-order chi connectivity index (χ0) is 28.0. The van der Waals surface area contributed by atoms with Gasteiger partial charge in [-0.25, -0.2) is 4.79 Å². The van der Waals surface area contributed by atoms with Gasteiger partial charge in [0.1, 0.15) is 17.7 Å². The number of nitrogens with one attached hydrogen (secondary N) is 2. The molecule has 1 rings (SSSR count). The molecule has 206 valence electrons. The number of hydrogen-bond donors (Lipinski definition) is 2. The van der Waals surface area contributed by atoms with Gasteiger partial charge in [0, 0.05) is 18.7 Å². The maximum Gasteiger partial charge on any atom is 0.408 e. The Morgan fingerprint density at radius 2 is 1.70 bits per heavy atom. The summed E-state index contributed by atoms with van der Waals surface area (Å²) in [6.45, 7) is 14.2. The first-order valence-electron chi connectivity index (χ1n) is 13.6. The molecule has 1 aromatic rings. The third-order valence-electron chi connectivity index (χ3n) is 6.24. The summed E-state index contributed by atoms with van der Waals surface area (Å²) in [5.74, 6) is 1.89. The lowest BCUT2D eigenvalue weighted by molar-refractivity contribution is -0.143. The van der Waals surface area contributed by atoms with Gasteiger partial charge in [0.2, 0.25) is 11.8 Å². The molecule has 1 aromatic carbocycles. The molecule has 0 aliphatic rings. The average molecular weight is 514 g/mol. The van der Waals surface area contributed by atoms with Crippen LogP contribution in [0.25, 0.3) is 0 Å². The van der Waals surface area contributed by atoms with Crippen molar-refractivity contribution in [2.45, 2.75) is 105 Å². The first-order valence-corrected chi connectivity index (χ1v) is 13.6. The van der Waals surface area contributed by atoms with E-state index in [1.54, 1.807) is 37.8 Å². The van der Waals surface area contributed by atoms with Gasteiger partial charge >= 0.3 is 6.09 Å². The highest BCUT2D eigenvalue weighted by atomic mass is 16.6. The third-order valence-corrected chi connectivity index (χ3v) is 6.24. The summed E-state index contributed by atoms with van der Waals surface area (Å²) in [6, 6.07) is 5.45. The molecule has 0 aliphatic carbocycles. The Labute approximate surface area is 224 Å². The normalized spacial score (nSPS) is 13.6. The van der Waals surface area contributed by atoms with Crippen molar-refractivity contribution in [2.24, 2.45) is 5.92 Å².